The highest BCUT2D eigenvalue weighted by molar-refractivity contribution is 5.97. The molecule has 2 aliphatic heterocycles. The first kappa shape index (κ1) is 16.4. The third-order valence-corrected chi connectivity index (χ3v) is 4.68. The normalized spacial score (nSPS) is 21.7. The number of nitrogens with one attached hydrogen (secondary N) is 2. The van der Waals surface area contributed by atoms with E-state index in [4.69, 9.17) is 9.47 Å². The van der Waals surface area contributed by atoms with E-state index in [0.29, 0.717) is 18.0 Å². The number of carbonyl (C=O) groups excluding carboxylic acids is 1. The molecule has 7 nitrogen and oxygen atoms in total. The molecule has 0 bridgehead atoms. The van der Waals surface area contributed by atoms with Crippen molar-refractivity contribution in [2.75, 3.05) is 20.8 Å². The van der Waals surface area contributed by atoms with Gasteiger partial charge in [0.15, 0.2) is 0 Å². The van der Waals surface area contributed by atoms with Crippen LogP contribution in [0.15, 0.2) is 48.7 Å². The van der Waals surface area contributed by atoms with Crippen molar-refractivity contribution in [1.29, 1.82) is 0 Å². The smallest absolute Gasteiger partial charge is 0.264 e. The van der Waals surface area contributed by atoms with Crippen molar-refractivity contribution in [3.8, 4) is 11.5 Å². The van der Waals surface area contributed by atoms with Crippen LogP contribution in [-0.2, 0) is 4.79 Å². The van der Waals surface area contributed by atoms with Crippen LogP contribution in [0.1, 0.15) is 17.2 Å². The van der Waals surface area contributed by atoms with Crippen LogP contribution in [0.3, 0.4) is 0 Å². The van der Waals surface area contributed by atoms with Gasteiger partial charge in [0.2, 0.25) is 0 Å². The van der Waals surface area contributed by atoms with E-state index >= 15 is 0 Å². The Hall–Kier alpha value is -3.06. The van der Waals surface area contributed by atoms with E-state index in [2.05, 4.69) is 15.7 Å². The molecule has 1 fully saturated rings. The lowest BCUT2D eigenvalue weighted by Gasteiger charge is -2.33. The second-order valence-corrected chi connectivity index (χ2v) is 6.18. The van der Waals surface area contributed by atoms with Gasteiger partial charge in [-0.2, -0.15) is 0 Å². The summed E-state index contributed by atoms with van der Waals surface area (Å²) in [6.45, 7) is 0.642. The van der Waals surface area contributed by atoms with E-state index in [1.165, 1.54) is 0 Å². The lowest BCUT2D eigenvalue weighted by Crippen LogP contribution is -2.52. The average molecular weight is 352 g/mol. The maximum Gasteiger partial charge on any atom is 0.264 e. The SMILES string of the molecule is COc1cc(OC)cc(C2=CC(=O)N3NCC(c4ccccn4)C3N2)c1. The predicted molar refractivity (Wildman–Crippen MR) is 96.3 cm³/mol. The van der Waals surface area contributed by atoms with Gasteiger partial charge in [0.1, 0.15) is 17.7 Å². The van der Waals surface area contributed by atoms with Crippen molar-refractivity contribution in [2.24, 2.45) is 0 Å². The number of fused-ring (bicyclic) bond motifs is 1. The summed E-state index contributed by atoms with van der Waals surface area (Å²) in [5.74, 6) is 1.30. The number of aromatic nitrogens is 1. The number of ether oxygens (including phenoxy) is 2. The summed E-state index contributed by atoms with van der Waals surface area (Å²) >= 11 is 0. The number of carbonyl (C=O) groups is 1. The Balaban J connectivity index is 1.68. The summed E-state index contributed by atoms with van der Waals surface area (Å²) in [7, 11) is 3.21. The van der Waals surface area contributed by atoms with Gasteiger partial charge < -0.3 is 14.8 Å². The maximum atomic E-state index is 12.6. The molecule has 134 valence electrons. The third-order valence-electron chi connectivity index (χ3n) is 4.68. The molecule has 2 aromatic rings. The van der Waals surface area contributed by atoms with E-state index in [1.54, 1.807) is 37.6 Å². The van der Waals surface area contributed by atoms with E-state index in [0.717, 1.165) is 17.0 Å². The van der Waals surface area contributed by atoms with Gasteiger partial charge in [-0.3, -0.25) is 14.8 Å². The molecular formula is C19H20N4O3. The van der Waals surface area contributed by atoms with Gasteiger partial charge in [0.25, 0.3) is 5.91 Å². The largest absolute Gasteiger partial charge is 0.497 e. The summed E-state index contributed by atoms with van der Waals surface area (Å²) in [6, 6.07) is 11.4. The van der Waals surface area contributed by atoms with Gasteiger partial charge in [-0.1, -0.05) is 6.07 Å². The van der Waals surface area contributed by atoms with Gasteiger partial charge >= 0.3 is 0 Å². The lowest BCUT2D eigenvalue weighted by atomic mass is 9.99. The molecule has 2 unspecified atom stereocenters. The van der Waals surface area contributed by atoms with Crippen molar-refractivity contribution in [1.82, 2.24) is 20.7 Å². The van der Waals surface area contributed by atoms with E-state index in [1.807, 2.05) is 30.3 Å². The molecule has 0 aliphatic carbocycles. The minimum absolute atomic E-state index is 0.0522. The quantitative estimate of drug-likeness (QED) is 0.869. The molecule has 2 N–H and O–H groups in total. The zero-order valence-corrected chi connectivity index (χ0v) is 14.6. The van der Waals surface area contributed by atoms with E-state index in [-0.39, 0.29) is 18.0 Å². The van der Waals surface area contributed by atoms with Crippen molar-refractivity contribution in [3.63, 3.8) is 0 Å². The molecule has 2 atom stereocenters. The van der Waals surface area contributed by atoms with Gasteiger partial charge in [-0.05, 0) is 24.3 Å². The molecule has 1 saturated heterocycles. The molecule has 0 saturated carbocycles. The van der Waals surface area contributed by atoms with Crippen molar-refractivity contribution in [2.45, 2.75) is 12.1 Å². The molecule has 3 heterocycles. The van der Waals surface area contributed by atoms with Crippen LogP contribution in [-0.4, -0.2) is 42.8 Å². The van der Waals surface area contributed by atoms with Gasteiger partial charge in [-0.25, -0.2) is 5.43 Å². The highest BCUT2D eigenvalue weighted by Crippen LogP contribution is 2.32. The molecular weight excluding hydrogens is 332 g/mol. The number of amides is 1. The fourth-order valence-electron chi connectivity index (χ4n) is 3.35. The lowest BCUT2D eigenvalue weighted by molar-refractivity contribution is -0.130. The molecule has 1 aromatic carbocycles. The molecule has 0 spiro atoms. The summed E-state index contributed by atoms with van der Waals surface area (Å²) in [5.41, 5.74) is 5.67. The standard InChI is InChI=1S/C19H20N4O3/c1-25-13-7-12(8-14(9-13)26-2)17-10-18(24)23-19(22-17)15(11-21-23)16-5-3-4-6-20-16/h3-10,15,19,21-22H,11H2,1-2H3. The average Bonchev–Trinajstić information content (AvgIpc) is 3.12. The number of hydrogen-bond acceptors (Lipinski definition) is 6. The van der Waals surface area contributed by atoms with Crippen LogP contribution in [0.4, 0.5) is 0 Å². The minimum atomic E-state index is -0.213. The number of nitrogens with zero attached hydrogens (tertiary/aromatic N) is 2. The summed E-state index contributed by atoms with van der Waals surface area (Å²) < 4.78 is 10.7. The molecule has 2 aliphatic rings. The third kappa shape index (κ3) is 2.86. The molecule has 7 heteroatoms. The fraction of sp³-hybridized carbons (Fsp3) is 0.263. The van der Waals surface area contributed by atoms with Crippen LogP contribution in [0.25, 0.3) is 5.70 Å². The Labute approximate surface area is 151 Å². The zero-order valence-electron chi connectivity index (χ0n) is 14.6. The zero-order chi connectivity index (χ0) is 18.1. The second kappa shape index (κ2) is 6.68. The van der Waals surface area contributed by atoms with Crippen LogP contribution in [0.5, 0.6) is 11.5 Å². The number of benzene rings is 1. The molecule has 1 aromatic heterocycles. The van der Waals surface area contributed by atoms with Gasteiger partial charge in [0, 0.05) is 41.8 Å². The monoisotopic (exact) mass is 352 g/mol. The molecule has 26 heavy (non-hydrogen) atoms. The van der Waals surface area contributed by atoms with E-state index < -0.39 is 0 Å². The van der Waals surface area contributed by atoms with Crippen LogP contribution in [0, 0.1) is 0 Å². The topological polar surface area (TPSA) is 75.7 Å². The molecule has 4 rings (SSSR count). The Morgan fingerprint density at radius 2 is 1.92 bits per heavy atom. The van der Waals surface area contributed by atoms with Crippen LogP contribution >= 0.6 is 0 Å². The summed E-state index contributed by atoms with van der Waals surface area (Å²) in [5, 5.41) is 5.09. The van der Waals surface area contributed by atoms with Gasteiger partial charge in [-0.15, -0.1) is 0 Å². The van der Waals surface area contributed by atoms with Crippen LogP contribution < -0.4 is 20.2 Å². The molecule has 1 amide bonds. The summed E-state index contributed by atoms with van der Waals surface area (Å²) in [6.07, 6.45) is 3.14. The predicted octanol–water partition coefficient (Wildman–Crippen LogP) is 1.50. The van der Waals surface area contributed by atoms with Crippen molar-refractivity contribution < 1.29 is 14.3 Å². The number of hydrogen-bond donors (Lipinski definition) is 2. The van der Waals surface area contributed by atoms with Gasteiger partial charge in [0.05, 0.1) is 20.1 Å². The minimum Gasteiger partial charge on any atom is -0.497 e. The first-order valence-corrected chi connectivity index (χ1v) is 8.39. The number of rotatable bonds is 4. The number of pyridine rings is 1. The van der Waals surface area contributed by atoms with E-state index in [9.17, 15) is 4.79 Å². The Kier molecular flexibility index (Phi) is 4.22. The maximum absolute atomic E-state index is 12.6. The first-order valence-electron chi connectivity index (χ1n) is 8.39. The summed E-state index contributed by atoms with van der Waals surface area (Å²) in [4.78, 5) is 17.1. The number of hydrazine groups is 1. The van der Waals surface area contributed by atoms with Crippen molar-refractivity contribution in [3.05, 3.63) is 59.9 Å². The Bertz CT molecular complexity index is 831. The highest BCUT2D eigenvalue weighted by Gasteiger charge is 2.41. The molecule has 0 radical (unpaired) electrons. The Morgan fingerprint density at radius 3 is 2.58 bits per heavy atom. The number of methoxy groups -OCH3 is 2. The second-order valence-electron chi connectivity index (χ2n) is 6.18. The highest BCUT2D eigenvalue weighted by atomic mass is 16.5. The van der Waals surface area contributed by atoms with Crippen LogP contribution in [0.2, 0.25) is 0 Å². The Morgan fingerprint density at radius 1 is 1.15 bits per heavy atom. The van der Waals surface area contributed by atoms with Crippen molar-refractivity contribution >= 4 is 11.6 Å². The first-order chi connectivity index (χ1) is 12.7. The fourth-order valence-corrected chi connectivity index (χ4v) is 3.35.